The third-order valence-electron chi connectivity index (χ3n) is 9.91. The van der Waals surface area contributed by atoms with E-state index in [0.717, 1.165) is 30.9 Å². The number of nitrogens with zero attached hydrogens (tertiary/aromatic N) is 5. The van der Waals surface area contributed by atoms with Gasteiger partial charge in [-0.1, -0.05) is 51.7 Å². The Hall–Kier alpha value is -3.89. The number of alkyl halides is 1. The molecule has 2 aliphatic heterocycles. The number of carbonyl (C=O) groups is 3. The molecule has 0 bridgehead atoms. The van der Waals surface area contributed by atoms with Gasteiger partial charge in [0.25, 0.3) is 11.1 Å². The van der Waals surface area contributed by atoms with Crippen LogP contribution in [0.4, 0.5) is 13.2 Å². The van der Waals surface area contributed by atoms with Crippen LogP contribution in [-0.2, 0) is 50.1 Å². The van der Waals surface area contributed by atoms with Gasteiger partial charge in [0.1, 0.15) is 23.3 Å². The van der Waals surface area contributed by atoms with Gasteiger partial charge in [0, 0.05) is 88.5 Å². The number of benzene rings is 4. The molecule has 0 radical (unpaired) electrons. The molecule has 0 fully saturated rings. The van der Waals surface area contributed by atoms with Crippen molar-refractivity contribution in [2.45, 2.75) is 25.9 Å². The van der Waals surface area contributed by atoms with E-state index < -0.39 is 6.45 Å². The number of hydrogen-bond acceptors (Lipinski definition) is 11. The molecule has 0 saturated heterocycles. The van der Waals surface area contributed by atoms with Crippen LogP contribution in [0.5, 0.6) is 0 Å². The molecule has 0 unspecified atom stereocenters. The fourth-order valence-corrected chi connectivity index (χ4v) is 6.91. The fraction of sp³-hybridized carbons (Fsp3) is 0.250. The van der Waals surface area contributed by atoms with Crippen LogP contribution in [-0.4, -0.2) is 94.4 Å². The van der Waals surface area contributed by atoms with Crippen molar-refractivity contribution in [2.24, 2.45) is 0 Å². The Morgan fingerprint density at radius 2 is 1.26 bits per heavy atom. The van der Waals surface area contributed by atoms with Crippen LogP contribution < -0.4 is 130 Å². The molecule has 3 N–H and O–H groups in total. The minimum absolute atomic E-state index is 0. The quantitative estimate of drug-likeness (QED) is 0.0329. The number of aromatic nitrogens is 4. The van der Waals surface area contributed by atoms with E-state index in [9.17, 15) is 37.1 Å². The predicted molar refractivity (Wildman–Crippen MR) is 249 cm³/mol. The molecule has 0 spiro atoms. The van der Waals surface area contributed by atoms with E-state index in [1.165, 1.54) is 24.3 Å². The standard InChI is InChI=1S/C23H21FN4O2.C20H16FN3O.C3H6BrNO.C2H2FO3.2K/c1-25-22(29)15-27-10-9-21-26-20-14-17(6-5-16-3-2-4-18(24)13-16)7-8-19(20)23(30)28(21)12-11-27;21-16-3-1-2-14(12-16)4-5-15-6-7-17-18(13-15)23-19-8-9-22-10-11-24(19)20(17)25;1-5-3(6)2-4;3-1-5-6-2-4;;/h2-4,7-8,13-14H,9-12,15H2,1H3,(H,25,29);1-3,6-7,12-13,22H,8-11H2;2H2,1H3,(H,5,6);1-2H;;/q;;;-1;2*+1/i;;;2D;;. The van der Waals surface area contributed by atoms with Crippen molar-refractivity contribution in [1.82, 2.24) is 40.0 Å². The molecule has 6 aromatic rings. The van der Waals surface area contributed by atoms with E-state index in [1.54, 1.807) is 77.8 Å². The summed E-state index contributed by atoms with van der Waals surface area (Å²) in [5, 5.41) is 9.86. The number of rotatable bonds is 5. The van der Waals surface area contributed by atoms with E-state index in [1.807, 2.05) is 11.0 Å². The van der Waals surface area contributed by atoms with Crippen LogP contribution in [0.2, 0.25) is 0 Å². The van der Waals surface area contributed by atoms with Crippen LogP contribution in [0.1, 0.15) is 35.3 Å². The summed E-state index contributed by atoms with van der Waals surface area (Å²) in [6, 6.07) is 23.0. The van der Waals surface area contributed by atoms with Gasteiger partial charge in [0.2, 0.25) is 11.8 Å². The first-order valence-corrected chi connectivity index (χ1v) is 21.7. The minimum Gasteiger partial charge on any atom is -0.426 e. The van der Waals surface area contributed by atoms with Gasteiger partial charge >= 0.3 is 109 Å². The average Bonchev–Trinajstić information content (AvgIpc) is 3.71. The molecular formula is C48H45BrF3K2N8O7+. The molecule has 348 valence electrons. The van der Waals surface area contributed by atoms with E-state index in [2.05, 4.69) is 70.3 Å². The SMILES string of the molecule is CNC(=O)CBr.CNC(=O)CN1CCc2nc3cc(C#Cc4cccc(F)c4)ccc3c(=O)n2CC1.O=c1c2ccc(C#Cc3cccc(F)c3)cc2nc2n1CCNCC2.[2H]C(=O)OO[CH-]F.[K+].[K+]. The summed E-state index contributed by atoms with van der Waals surface area (Å²) in [4.78, 5) is 74.6. The van der Waals surface area contributed by atoms with Gasteiger partial charge in [-0.2, -0.15) is 0 Å². The second-order valence-electron chi connectivity index (χ2n) is 14.3. The maximum atomic E-state index is 13.3. The number of fused-ring (bicyclic) bond motifs is 4. The molecule has 2 aromatic heterocycles. The summed E-state index contributed by atoms with van der Waals surface area (Å²) in [6.45, 7) is 3.96. The van der Waals surface area contributed by atoms with Gasteiger partial charge in [-0.25, -0.2) is 18.7 Å². The molecule has 4 heterocycles. The van der Waals surface area contributed by atoms with Gasteiger partial charge in [0.15, 0.2) is 1.37 Å². The Morgan fingerprint density at radius 1 is 0.754 bits per heavy atom. The number of hydrogen-bond donors (Lipinski definition) is 3. The van der Waals surface area contributed by atoms with Gasteiger partial charge in [-0.05, 0) is 79.7 Å². The Balaban J connectivity index is 0.000000292. The average molecular weight is 1060 g/mol. The van der Waals surface area contributed by atoms with E-state index in [-0.39, 0.29) is 144 Å². The van der Waals surface area contributed by atoms with Crippen molar-refractivity contribution >= 4 is 56.0 Å². The zero-order valence-electron chi connectivity index (χ0n) is 39.3. The first kappa shape index (κ1) is 57.7. The van der Waals surface area contributed by atoms with Gasteiger partial charge in [-0.15, -0.1) is 0 Å². The summed E-state index contributed by atoms with van der Waals surface area (Å²) in [5.74, 6) is 12.7. The van der Waals surface area contributed by atoms with Gasteiger partial charge in [0.05, 0.1) is 33.7 Å². The molecule has 0 aliphatic carbocycles. The summed E-state index contributed by atoms with van der Waals surface area (Å²) in [6.07, 6.45) is -0.125. The number of amides is 2. The van der Waals surface area contributed by atoms with Crippen LogP contribution in [0, 0.1) is 42.2 Å². The predicted octanol–water partition coefficient (Wildman–Crippen LogP) is -2.06. The monoisotopic (exact) mass is 1060 g/mol. The van der Waals surface area contributed by atoms with E-state index in [0.29, 0.717) is 88.8 Å². The maximum absolute atomic E-state index is 13.3. The first-order chi connectivity index (χ1) is 32.8. The Morgan fingerprint density at radius 3 is 1.71 bits per heavy atom. The van der Waals surface area contributed by atoms with Gasteiger partial charge < -0.3 is 30.1 Å². The molecule has 69 heavy (non-hydrogen) atoms. The summed E-state index contributed by atoms with van der Waals surface area (Å²) < 4.78 is 46.5. The zero-order chi connectivity index (χ0) is 49.0. The molecule has 0 atom stereocenters. The van der Waals surface area contributed by atoms with E-state index in [4.69, 9.17) is 6.35 Å². The maximum Gasteiger partial charge on any atom is 1.00 e. The smallest absolute Gasteiger partial charge is 0.426 e. The minimum atomic E-state index is -1.44. The third kappa shape index (κ3) is 18.7. The van der Waals surface area contributed by atoms with Gasteiger partial charge in [-0.3, -0.25) is 38.0 Å². The van der Waals surface area contributed by atoms with Crippen molar-refractivity contribution in [1.29, 1.82) is 0 Å². The second kappa shape index (κ2) is 31.4. The van der Waals surface area contributed by atoms with Crippen LogP contribution >= 0.6 is 15.9 Å². The number of likely N-dealkylation sites (N-methyl/N-ethyl adjacent to an activating group) is 1. The molecule has 0 saturated carbocycles. The number of carbonyl (C=O) groups excluding carboxylic acids is 3. The molecule has 2 amide bonds. The second-order valence-corrected chi connectivity index (χ2v) is 14.9. The Bertz CT molecular complexity index is 3030. The fourth-order valence-electron chi connectivity index (χ4n) is 6.63. The molecule has 15 nitrogen and oxygen atoms in total. The van der Waals surface area contributed by atoms with Crippen LogP contribution in [0.25, 0.3) is 21.8 Å². The normalized spacial score (nSPS) is 12.5. The molecule has 8 rings (SSSR count). The zero-order valence-corrected chi connectivity index (χ0v) is 46.2. The first-order valence-electron chi connectivity index (χ1n) is 21.1. The third-order valence-corrected chi connectivity index (χ3v) is 10.4. The van der Waals surface area contributed by atoms with Crippen molar-refractivity contribution in [3.63, 3.8) is 0 Å². The van der Waals surface area contributed by atoms with Crippen molar-refractivity contribution in [3.8, 4) is 23.7 Å². The van der Waals surface area contributed by atoms with Crippen molar-refractivity contribution < 1.29 is 141 Å². The Labute approximate surface area is 491 Å². The largest absolute Gasteiger partial charge is 1.00 e. The van der Waals surface area contributed by atoms with Crippen molar-refractivity contribution in [3.05, 3.63) is 158 Å². The molecule has 21 heteroatoms. The summed E-state index contributed by atoms with van der Waals surface area (Å²) in [5.41, 5.74) is 3.82. The number of nitrogens with one attached hydrogen (secondary N) is 3. The Kier molecular flexibility index (Phi) is 26.3. The van der Waals surface area contributed by atoms with Crippen LogP contribution in [0.15, 0.2) is 94.5 Å². The summed E-state index contributed by atoms with van der Waals surface area (Å²) in [7, 11) is 3.21. The molecule has 4 aromatic carbocycles. The topological polar surface area (TPSA) is 179 Å². The van der Waals surface area contributed by atoms with Crippen LogP contribution in [0.3, 0.4) is 0 Å². The molecular weight excluding hydrogens is 1020 g/mol. The number of halogens is 4. The van der Waals surface area contributed by atoms with Crippen molar-refractivity contribution in [2.75, 3.05) is 52.1 Å². The molecule has 2 aliphatic rings. The van der Waals surface area contributed by atoms with E-state index >= 15 is 0 Å². The summed E-state index contributed by atoms with van der Waals surface area (Å²) >= 11 is 2.96.